The van der Waals surface area contributed by atoms with Crippen LogP contribution in [-0.2, 0) is 6.54 Å². The summed E-state index contributed by atoms with van der Waals surface area (Å²) in [6.45, 7) is 4.56. The molecule has 0 bridgehead atoms. The molecule has 3 heterocycles. The molecule has 9 nitrogen and oxygen atoms in total. The fourth-order valence-electron chi connectivity index (χ4n) is 5.61. The molecule has 2 saturated carbocycles. The van der Waals surface area contributed by atoms with Crippen LogP contribution in [0.1, 0.15) is 56.0 Å². The number of rotatable bonds is 8. The van der Waals surface area contributed by atoms with E-state index in [0.717, 1.165) is 28.8 Å². The van der Waals surface area contributed by atoms with Crippen molar-refractivity contribution in [3.05, 3.63) is 58.8 Å². The van der Waals surface area contributed by atoms with Crippen molar-refractivity contribution in [2.24, 2.45) is 5.92 Å². The zero-order valence-corrected chi connectivity index (χ0v) is 24.0. The first-order valence-corrected chi connectivity index (χ1v) is 14.6. The minimum atomic E-state index is -1.24. The zero-order valence-electron chi connectivity index (χ0n) is 23.2. The Hall–Kier alpha value is -3.39. The molecule has 3 aromatic heterocycles. The Balaban J connectivity index is 1.39. The average Bonchev–Trinajstić information content (AvgIpc) is 3.59. The van der Waals surface area contributed by atoms with Crippen LogP contribution < -0.4 is 10.6 Å². The number of pyridine rings is 1. The van der Waals surface area contributed by atoms with E-state index in [2.05, 4.69) is 25.6 Å². The van der Waals surface area contributed by atoms with Crippen LogP contribution in [0.5, 0.6) is 0 Å². The lowest BCUT2D eigenvalue weighted by Crippen LogP contribution is -2.40. The van der Waals surface area contributed by atoms with Crippen LogP contribution in [0.4, 0.5) is 24.9 Å². The Morgan fingerprint density at radius 2 is 1.76 bits per heavy atom. The first kappa shape index (κ1) is 28.7. The van der Waals surface area contributed by atoms with Gasteiger partial charge < -0.3 is 26.0 Å². The van der Waals surface area contributed by atoms with Crippen LogP contribution in [0, 0.1) is 30.3 Å². The highest BCUT2D eigenvalue weighted by Gasteiger charge is 2.48. The molecule has 0 unspecified atom stereocenters. The van der Waals surface area contributed by atoms with Gasteiger partial charge in [-0.2, -0.15) is 4.98 Å². The average molecular weight is 601 g/mol. The number of aliphatic hydroxyl groups excluding tert-OH is 2. The van der Waals surface area contributed by atoms with E-state index in [1.54, 1.807) is 27.0 Å². The molecule has 222 valence electrons. The van der Waals surface area contributed by atoms with Crippen molar-refractivity contribution < 1.29 is 28.5 Å². The molecule has 1 aromatic carbocycles. The van der Waals surface area contributed by atoms with E-state index in [0.29, 0.717) is 34.3 Å². The van der Waals surface area contributed by atoms with E-state index in [9.17, 15) is 28.5 Å². The van der Waals surface area contributed by atoms with Crippen molar-refractivity contribution in [2.75, 3.05) is 10.6 Å². The number of halogens is 3. The second-order valence-electron chi connectivity index (χ2n) is 11.6. The van der Waals surface area contributed by atoms with Crippen LogP contribution in [0.3, 0.4) is 0 Å². The first-order valence-electron chi connectivity index (χ1n) is 13.8. The molecular formula is C29H31F3N6O3S. The van der Waals surface area contributed by atoms with Gasteiger partial charge in [-0.25, -0.2) is 23.1 Å². The number of thiazole rings is 1. The lowest BCUT2D eigenvalue weighted by molar-refractivity contribution is -0.0601. The third-order valence-corrected chi connectivity index (χ3v) is 9.08. The van der Waals surface area contributed by atoms with Gasteiger partial charge in [-0.15, -0.1) is 11.3 Å². The van der Waals surface area contributed by atoms with Crippen LogP contribution >= 0.6 is 11.3 Å². The number of hydrogen-bond acceptors (Lipinski definition) is 10. The second kappa shape index (κ2) is 10.7. The summed E-state index contributed by atoms with van der Waals surface area (Å²) in [5.74, 6) is -2.99. The van der Waals surface area contributed by atoms with Gasteiger partial charge in [0.05, 0.1) is 39.4 Å². The van der Waals surface area contributed by atoms with E-state index in [1.807, 2.05) is 6.07 Å². The van der Waals surface area contributed by atoms with Crippen molar-refractivity contribution in [1.82, 2.24) is 19.9 Å². The molecule has 42 heavy (non-hydrogen) atoms. The normalized spacial score (nSPS) is 22.6. The fourth-order valence-corrected chi connectivity index (χ4v) is 6.68. The molecule has 0 amide bonds. The van der Waals surface area contributed by atoms with E-state index >= 15 is 0 Å². The van der Waals surface area contributed by atoms with Gasteiger partial charge in [-0.1, -0.05) is 0 Å². The zero-order chi connectivity index (χ0) is 29.9. The molecular weight excluding hydrogens is 569 g/mol. The summed E-state index contributed by atoms with van der Waals surface area (Å²) < 4.78 is 42.9. The Bertz CT molecular complexity index is 1630. The molecule has 2 aliphatic carbocycles. The van der Waals surface area contributed by atoms with Gasteiger partial charge in [0.1, 0.15) is 39.9 Å². The maximum Gasteiger partial charge on any atom is 0.225 e. The largest absolute Gasteiger partial charge is 0.390 e. The smallest absolute Gasteiger partial charge is 0.225 e. The van der Waals surface area contributed by atoms with Gasteiger partial charge >= 0.3 is 0 Å². The van der Waals surface area contributed by atoms with Crippen molar-refractivity contribution >= 4 is 33.3 Å². The molecule has 2 aliphatic rings. The van der Waals surface area contributed by atoms with Crippen molar-refractivity contribution in [3.63, 3.8) is 0 Å². The predicted molar refractivity (Wildman–Crippen MR) is 153 cm³/mol. The molecule has 0 radical (unpaired) electrons. The van der Waals surface area contributed by atoms with E-state index in [-0.39, 0.29) is 30.3 Å². The van der Waals surface area contributed by atoms with E-state index in [1.165, 1.54) is 11.3 Å². The minimum absolute atomic E-state index is 0.0374. The maximum atomic E-state index is 14.3. The summed E-state index contributed by atoms with van der Waals surface area (Å²) in [5.41, 5.74) is 1.22. The highest BCUT2D eigenvalue weighted by atomic mass is 32.1. The number of aliphatic hydroxyl groups is 3. The van der Waals surface area contributed by atoms with Gasteiger partial charge in [-0.3, -0.25) is 4.98 Å². The van der Waals surface area contributed by atoms with Crippen LogP contribution in [0.25, 0.3) is 20.8 Å². The summed E-state index contributed by atoms with van der Waals surface area (Å²) in [7, 11) is 0. The molecule has 0 saturated heterocycles. The Labute approximate surface area is 243 Å². The van der Waals surface area contributed by atoms with Crippen molar-refractivity contribution in [3.8, 4) is 10.6 Å². The summed E-state index contributed by atoms with van der Waals surface area (Å²) in [4.78, 5) is 18.6. The molecule has 4 aromatic rings. The molecule has 13 heteroatoms. The van der Waals surface area contributed by atoms with Crippen LogP contribution in [0.15, 0.2) is 24.4 Å². The Morgan fingerprint density at radius 1 is 1.05 bits per heavy atom. The van der Waals surface area contributed by atoms with E-state index in [4.69, 9.17) is 4.98 Å². The summed E-state index contributed by atoms with van der Waals surface area (Å²) in [6, 6.07) is 2.43. The quantitative estimate of drug-likeness (QED) is 0.196. The minimum Gasteiger partial charge on any atom is -0.390 e. The van der Waals surface area contributed by atoms with Gasteiger partial charge in [0.2, 0.25) is 5.95 Å². The predicted octanol–water partition coefficient (Wildman–Crippen LogP) is 4.66. The van der Waals surface area contributed by atoms with Crippen molar-refractivity contribution in [1.29, 1.82) is 0 Å². The number of anilines is 2. The number of aryl methyl sites for hydroxylation is 1. The van der Waals surface area contributed by atoms with Gasteiger partial charge in [0.15, 0.2) is 0 Å². The third kappa shape index (κ3) is 5.41. The SMILES string of the molecule is Cc1nc(NCc2c(F)cc(F)cc2F)nc(N[C@@H]2C[C@H](C(C)(C)O)[C@@H](O)[C@H]2O)c1-c1nc2c(C3CC3)nccc2s1. The summed E-state index contributed by atoms with van der Waals surface area (Å²) in [5, 5.41) is 38.8. The van der Waals surface area contributed by atoms with Crippen LogP contribution in [-0.4, -0.2) is 59.1 Å². The number of fused-ring (bicyclic) bond motifs is 1. The summed E-state index contributed by atoms with van der Waals surface area (Å²) >= 11 is 1.45. The maximum absolute atomic E-state index is 14.3. The topological polar surface area (TPSA) is 136 Å². The Morgan fingerprint density at radius 3 is 2.40 bits per heavy atom. The number of nitrogens with zero attached hydrogens (tertiary/aromatic N) is 4. The standard InChI is InChI=1S/C29H31F3N6O3S/c1-12-21(27-37-23-20(42-27)6-7-33-22(23)13-4-5-13)26(36-19-10-16(29(2,3)41)24(39)25(19)40)38-28(35-12)34-11-15-17(31)8-14(30)9-18(15)32/h6-9,13,16,19,24-25,39-41H,4-5,10-11H2,1-3H3,(H2,34,35,36,38)/t16-,19+,24+,25-/m0/s1. The molecule has 4 atom stereocenters. The lowest BCUT2D eigenvalue weighted by Gasteiger charge is -2.28. The molecule has 0 spiro atoms. The van der Waals surface area contributed by atoms with Gasteiger partial charge in [-0.05, 0) is 46.1 Å². The monoisotopic (exact) mass is 600 g/mol. The number of benzene rings is 1. The highest BCUT2D eigenvalue weighted by Crippen LogP contribution is 2.45. The first-order chi connectivity index (χ1) is 19.9. The number of aromatic nitrogens is 4. The number of hydrogen-bond donors (Lipinski definition) is 5. The van der Waals surface area contributed by atoms with Gasteiger partial charge in [0.25, 0.3) is 0 Å². The van der Waals surface area contributed by atoms with Crippen molar-refractivity contribution in [2.45, 2.75) is 76.3 Å². The Kier molecular flexibility index (Phi) is 7.32. The summed E-state index contributed by atoms with van der Waals surface area (Å²) in [6.07, 6.45) is 1.77. The third-order valence-electron chi connectivity index (χ3n) is 8.04. The van der Waals surface area contributed by atoms with E-state index < -0.39 is 47.2 Å². The molecule has 6 rings (SSSR count). The lowest BCUT2D eigenvalue weighted by atomic mass is 9.88. The molecule has 2 fully saturated rings. The second-order valence-corrected chi connectivity index (χ2v) is 12.7. The van der Waals surface area contributed by atoms with Gasteiger partial charge in [0, 0.05) is 42.3 Å². The fraction of sp³-hybridized carbons (Fsp3) is 0.448. The van der Waals surface area contributed by atoms with Crippen LogP contribution in [0.2, 0.25) is 0 Å². The number of nitrogens with one attached hydrogen (secondary N) is 2. The molecule has 5 N–H and O–H groups in total. The highest BCUT2D eigenvalue weighted by molar-refractivity contribution is 7.21. The molecule has 0 aliphatic heterocycles.